The zero-order chi connectivity index (χ0) is 15.7. The number of hydrogen-bond acceptors (Lipinski definition) is 2. The highest BCUT2D eigenvalue weighted by molar-refractivity contribution is 5.96. The molecule has 1 rings (SSSR count). The summed E-state index contributed by atoms with van der Waals surface area (Å²) >= 11 is 0. The van der Waals surface area contributed by atoms with Crippen LogP contribution in [0.5, 0.6) is 0 Å². The van der Waals surface area contributed by atoms with E-state index in [1.807, 2.05) is 0 Å². The first kappa shape index (κ1) is 16.0. The first-order valence-electron chi connectivity index (χ1n) is 5.72. The van der Waals surface area contributed by atoms with E-state index in [1.54, 1.807) is 20.8 Å². The predicted octanol–water partition coefficient (Wildman–Crippen LogP) is 2.33. The van der Waals surface area contributed by atoms with Crippen LogP contribution in [0.2, 0.25) is 0 Å². The Morgan fingerprint density at radius 2 is 1.60 bits per heavy atom. The number of carbonyl (C=O) groups is 2. The molecular formula is C13H14F3NO3. The zero-order valence-electron chi connectivity index (χ0n) is 11.1. The molecule has 0 spiro atoms. The smallest absolute Gasteiger partial charge is 0.326 e. The molecule has 110 valence electrons. The van der Waals surface area contributed by atoms with Crippen LogP contribution in [0.25, 0.3) is 0 Å². The van der Waals surface area contributed by atoms with Crippen molar-refractivity contribution >= 4 is 11.9 Å². The summed E-state index contributed by atoms with van der Waals surface area (Å²) in [5.41, 5.74) is -1.30. The quantitative estimate of drug-likeness (QED) is 0.839. The summed E-state index contributed by atoms with van der Waals surface area (Å²) in [6.07, 6.45) is 0. The fourth-order valence-electron chi connectivity index (χ4n) is 1.55. The van der Waals surface area contributed by atoms with E-state index in [2.05, 4.69) is 5.32 Å². The van der Waals surface area contributed by atoms with Crippen LogP contribution in [-0.4, -0.2) is 23.0 Å². The SMILES string of the molecule is CC(C)(C)[C@@H](NC(=O)c1cc(F)c(F)c(F)c1)C(=O)O. The van der Waals surface area contributed by atoms with Gasteiger partial charge in [0.25, 0.3) is 5.91 Å². The first-order chi connectivity index (χ1) is 9.04. The maximum atomic E-state index is 13.0. The Kier molecular flexibility index (Phi) is 4.42. The number of aliphatic carboxylic acids is 1. The molecule has 0 aromatic heterocycles. The van der Waals surface area contributed by atoms with Crippen molar-refractivity contribution in [2.45, 2.75) is 26.8 Å². The second-order valence-corrected chi connectivity index (χ2v) is 5.36. The molecule has 7 heteroatoms. The number of halogens is 3. The van der Waals surface area contributed by atoms with Crippen molar-refractivity contribution in [3.8, 4) is 0 Å². The van der Waals surface area contributed by atoms with E-state index >= 15 is 0 Å². The average Bonchev–Trinajstić information content (AvgIpc) is 2.30. The third kappa shape index (κ3) is 3.49. The third-order valence-corrected chi connectivity index (χ3v) is 2.63. The van der Waals surface area contributed by atoms with Crippen molar-refractivity contribution in [1.82, 2.24) is 5.32 Å². The van der Waals surface area contributed by atoms with Gasteiger partial charge in [-0.05, 0) is 17.5 Å². The van der Waals surface area contributed by atoms with Crippen LogP contribution >= 0.6 is 0 Å². The average molecular weight is 289 g/mol. The van der Waals surface area contributed by atoms with Crippen LogP contribution in [-0.2, 0) is 4.79 Å². The van der Waals surface area contributed by atoms with Gasteiger partial charge in [-0.1, -0.05) is 20.8 Å². The second-order valence-electron chi connectivity index (χ2n) is 5.36. The summed E-state index contributed by atoms with van der Waals surface area (Å²) in [6, 6.07) is -0.240. The molecule has 0 radical (unpaired) electrons. The number of benzene rings is 1. The van der Waals surface area contributed by atoms with Gasteiger partial charge in [-0.25, -0.2) is 18.0 Å². The van der Waals surface area contributed by atoms with Crippen LogP contribution < -0.4 is 5.32 Å². The van der Waals surface area contributed by atoms with Crippen LogP contribution in [0.4, 0.5) is 13.2 Å². The van der Waals surface area contributed by atoms with Crippen LogP contribution in [0.3, 0.4) is 0 Å². The molecule has 0 unspecified atom stereocenters. The number of carboxylic acid groups (broad SMARTS) is 1. The summed E-state index contributed by atoms with van der Waals surface area (Å²) in [4.78, 5) is 22.9. The highest BCUT2D eigenvalue weighted by Crippen LogP contribution is 2.20. The van der Waals surface area contributed by atoms with Crippen LogP contribution in [0.1, 0.15) is 31.1 Å². The number of rotatable bonds is 3. The fraction of sp³-hybridized carbons (Fsp3) is 0.385. The van der Waals surface area contributed by atoms with Gasteiger partial charge in [-0.2, -0.15) is 0 Å². The second kappa shape index (κ2) is 5.52. The van der Waals surface area contributed by atoms with E-state index in [1.165, 1.54) is 0 Å². The molecule has 0 heterocycles. The maximum Gasteiger partial charge on any atom is 0.326 e. The molecule has 20 heavy (non-hydrogen) atoms. The molecule has 0 aliphatic heterocycles. The monoisotopic (exact) mass is 289 g/mol. The van der Waals surface area contributed by atoms with Crippen LogP contribution in [0.15, 0.2) is 12.1 Å². The molecule has 4 nitrogen and oxygen atoms in total. The first-order valence-corrected chi connectivity index (χ1v) is 5.72. The van der Waals surface area contributed by atoms with Crippen molar-refractivity contribution in [2.24, 2.45) is 5.41 Å². The molecule has 0 aliphatic carbocycles. The van der Waals surface area contributed by atoms with Crippen molar-refractivity contribution in [1.29, 1.82) is 0 Å². The number of amides is 1. The topological polar surface area (TPSA) is 66.4 Å². The van der Waals surface area contributed by atoms with Crippen molar-refractivity contribution < 1.29 is 27.9 Å². The Morgan fingerprint density at radius 3 is 1.95 bits per heavy atom. The van der Waals surface area contributed by atoms with E-state index in [0.717, 1.165) is 0 Å². The number of hydrogen-bond donors (Lipinski definition) is 2. The number of nitrogens with one attached hydrogen (secondary N) is 1. The highest BCUT2D eigenvalue weighted by Gasteiger charge is 2.33. The van der Waals surface area contributed by atoms with Gasteiger partial charge in [0.1, 0.15) is 6.04 Å². The summed E-state index contributed by atoms with van der Waals surface area (Å²) in [7, 11) is 0. The standard InChI is InChI=1S/C13H14F3NO3/c1-13(2,3)10(12(19)20)17-11(18)6-4-7(14)9(16)8(15)5-6/h4-5,10H,1-3H3,(H,17,18)(H,19,20)/t10-/m0/s1. The number of carbonyl (C=O) groups excluding carboxylic acids is 1. The van der Waals surface area contributed by atoms with Gasteiger partial charge in [0.2, 0.25) is 0 Å². The maximum absolute atomic E-state index is 13.0. The molecule has 0 bridgehead atoms. The molecule has 0 aliphatic rings. The van der Waals surface area contributed by atoms with Gasteiger partial charge >= 0.3 is 5.97 Å². The van der Waals surface area contributed by atoms with Gasteiger partial charge in [0.15, 0.2) is 17.5 Å². The van der Waals surface area contributed by atoms with E-state index in [9.17, 15) is 22.8 Å². The Hall–Kier alpha value is -2.05. The lowest BCUT2D eigenvalue weighted by molar-refractivity contribution is -0.142. The minimum atomic E-state index is -1.69. The van der Waals surface area contributed by atoms with E-state index < -0.39 is 46.3 Å². The lowest BCUT2D eigenvalue weighted by Crippen LogP contribution is -2.49. The van der Waals surface area contributed by atoms with Crippen molar-refractivity contribution in [3.63, 3.8) is 0 Å². The highest BCUT2D eigenvalue weighted by atomic mass is 19.2. The summed E-state index contributed by atoms with van der Waals surface area (Å²) in [5.74, 6) is -7.00. The van der Waals surface area contributed by atoms with E-state index in [-0.39, 0.29) is 0 Å². The Balaban J connectivity index is 3.04. The molecule has 0 fully saturated rings. The molecule has 1 amide bonds. The molecule has 0 saturated carbocycles. The lowest BCUT2D eigenvalue weighted by atomic mass is 9.86. The lowest BCUT2D eigenvalue weighted by Gasteiger charge is -2.27. The zero-order valence-corrected chi connectivity index (χ0v) is 11.1. The van der Waals surface area contributed by atoms with Crippen molar-refractivity contribution in [2.75, 3.05) is 0 Å². The molecule has 1 aromatic rings. The fourth-order valence-corrected chi connectivity index (χ4v) is 1.55. The minimum Gasteiger partial charge on any atom is -0.480 e. The van der Waals surface area contributed by atoms with E-state index in [0.29, 0.717) is 12.1 Å². The molecule has 1 aromatic carbocycles. The van der Waals surface area contributed by atoms with E-state index in [4.69, 9.17) is 5.11 Å². The van der Waals surface area contributed by atoms with Gasteiger partial charge in [0.05, 0.1) is 0 Å². The summed E-state index contributed by atoms with van der Waals surface area (Å²) in [6.45, 7) is 4.74. The largest absolute Gasteiger partial charge is 0.480 e. The molecular weight excluding hydrogens is 275 g/mol. The summed E-state index contributed by atoms with van der Waals surface area (Å²) < 4.78 is 38.8. The van der Waals surface area contributed by atoms with Crippen LogP contribution in [0, 0.1) is 22.9 Å². The predicted molar refractivity (Wildman–Crippen MR) is 64.7 cm³/mol. The summed E-state index contributed by atoms with van der Waals surface area (Å²) in [5, 5.41) is 11.2. The Morgan fingerprint density at radius 1 is 1.15 bits per heavy atom. The Bertz CT molecular complexity index is 529. The molecule has 0 saturated heterocycles. The Labute approximate surface area is 113 Å². The third-order valence-electron chi connectivity index (χ3n) is 2.63. The number of carboxylic acids is 1. The van der Waals surface area contributed by atoms with Gasteiger partial charge in [-0.15, -0.1) is 0 Å². The normalized spacial score (nSPS) is 12.9. The van der Waals surface area contributed by atoms with Gasteiger partial charge in [-0.3, -0.25) is 4.79 Å². The minimum absolute atomic E-state index is 0.489. The molecule has 1 atom stereocenters. The van der Waals surface area contributed by atoms with Gasteiger partial charge < -0.3 is 10.4 Å². The van der Waals surface area contributed by atoms with Crippen molar-refractivity contribution in [3.05, 3.63) is 35.1 Å². The molecule has 2 N–H and O–H groups in total. The van der Waals surface area contributed by atoms with Gasteiger partial charge in [0, 0.05) is 5.56 Å².